The van der Waals surface area contributed by atoms with Gasteiger partial charge >= 0.3 is 0 Å². The number of imidazole rings is 1. The van der Waals surface area contributed by atoms with Crippen LogP contribution in [0.5, 0.6) is 0 Å². The number of hydrogen-bond donors (Lipinski definition) is 2. The number of amides is 1. The maximum Gasteiger partial charge on any atom is 0.251 e. The summed E-state index contributed by atoms with van der Waals surface area (Å²) >= 11 is 0. The fourth-order valence-corrected chi connectivity index (χ4v) is 3.02. The molecule has 2 N–H and O–H groups in total. The van der Waals surface area contributed by atoms with Crippen molar-refractivity contribution < 1.29 is 9.90 Å². The first-order chi connectivity index (χ1) is 12.1. The van der Waals surface area contributed by atoms with Crippen molar-refractivity contribution in [2.75, 3.05) is 6.61 Å². The molecule has 0 bridgehead atoms. The Kier molecular flexibility index (Phi) is 5.14. The molecule has 0 fully saturated rings. The molecule has 0 saturated carbocycles. The Labute approximate surface area is 147 Å². The fraction of sp³-hybridized carbons (Fsp3) is 0.300. The summed E-state index contributed by atoms with van der Waals surface area (Å²) in [6, 6.07) is 15.7. The van der Waals surface area contributed by atoms with Crippen molar-refractivity contribution in [3.05, 3.63) is 59.9 Å². The number of aromatic nitrogens is 2. The predicted molar refractivity (Wildman–Crippen MR) is 99.1 cm³/mol. The fourth-order valence-electron chi connectivity index (χ4n) is 3.02. The van der Waals surface area contributed by atoms with Gasteiger partial charge in [0.05, 0.1) is 11.0 Å². The number of carbonyl (C=O) groups is 1. The van der Waals surface area contributed by atoms with E-state index in [1.54, 1.807) is 0 Å². The summed E-state index contributed by atoms with van der Waals surface area (Å²) in [4.78, 5) is 17.0. The highest BCUT2D eigenvalue weighted by atomic mass is 16.3. The maximum atomic E-state index is 12.4. The minimum Gasteiger partial charge on any atom is -0.396 e. The topological polar surface area (TPSA) is 67.2 Å². The van der Waals surface area contributed by atoms with Gasteiger partial charge in [-0.3, -0.25) is 9.36 Å². The Morgan fingerprint density at radius 3 is 2.72 bits per heavy atom. The van der Waals surface area contributed by atoms with Crippen LogP contribution >= 0.6 is 0 Å². The molecule has 3 rings (SSSR count). The molecule has 1 unspecified atom stereocenters. The summed E-state index contributed by atoms with van der Waals surface area (Å²) in [6.07, 6.45) is 1.44. The van der Waals surface area contributed by atoms with E-state index < -0.39 is 0 Å². The van der Waals surface area contributed by atoms with Crippen LogP contribution in [-0.2, 0) is 0 Å². The van der Waals surface area contributed by atoms with E-state index in [0.29, 0.717) is 12.0 Å². The van der Waals surface area contributed by atoms with Crippen molar-refractivity contribution in [2.45, 2.75) is 32.7 Å². The molecule has 1 heterocycles. The second-order valence-corrected chi connectivity index (χ2v) is 6.27. The van der Waals surface area contributed by atoms with Crippen molar-refractivity contribution in [3.63, 3.8) is 0 Å². The normalized spacial score (nSPS) is 12.3. The SMILES string of the molecule is Cc1nc2cc(C(=O)NC(C)CCCO)ccc2n1-c1ccccc1. The number of carbonyl (C=O) groups excluding carboxylic acids is 1. The summed E-state index contributed by atoms with van der Waals surface area (Å²) < 4.78 is 2.08. The molecule has 1 amide bonds. The van der Waals surface area contributed by atoms with Crippen LogP contribution in [0.15, 0.2) is 48.5 Å². The van der Waals surface area contributed by atoms with Crippen molar-refractivity contribution in [3.8, 4) is 5.69 Å². The molecule has 0 spiro atoms. The average molecular weight is 337 g/mol. The summed E-state index contributed by atoms with van der Waals surface area (Å²) in [5.41, 5.74) is 3.43. The number of aryl methyl sites for hydroxylation is 1. The van der Waals surface area contributed by atoms with Gasteiger partial charge in [-0.25, -0.2) is 4.98 Å². The molecule has 0 aliphatic carbocycles. The number of aliphatic hydroxyl groups is 1. The average Bonchev–Trinajstić information content (AvgIpc) is 2.95. The highest BCUT2D eigenvalue weighted by Crippen LogP contribution is 2.22. The van der Waals surface area contributed by atoms with Crippen LogP contribution in [0.1, 0.15) is 35.9 Å². The molecule has 0 radical (unpaired) electrons. The first kappa shape index (κ1) is 17.2. The van der Waals surface area contributed by atoms with Crippen molar-refractivity contribution in [2.24, 2.45) is 0 Å². The van der Waals surface area contributed by atoms with Crippen LogP contribution < -0.4 is 5.32 Å². The first-order valence-electron chi connectivity index (χ1n) is 8.56. The van der Waals surface area contributed by atoms with E-state index in [0.717, 1.165) is 29.0 Å². The minimum absolute atomic E-state index is 0.0268. The molecule has 5 nitrogen and oxygen atoms in total. The van der Waals surface area contributed by atoms with Gasteiger partial charge in [0, 0.05) is 23.9 Å². The summed E-state index contributed by atoms with van der Waals surface area (Å²) in [7, 11) is 0. The number of nitrogens with zero attached hydrogens (tertiary/aromatic N) is 2. The summed E-state index contributed by atoms with van der Waals surface area (Å²) in [5.74, 6) is 0.773. The predicted octanol–water partition coefficient (Wildman–Crippen LogP) is 3.22. The smallest absolute Gasteiger partial charge is 0.251 e. The maximum absolute atomic E-state index is 12.4. The lowest BCUT2D eigenvalue weighted by atomic mass is 10.1. The molecule has 1 atom stereocenters. The van der Waals surface area contributed by atoms with Crippen LogP contribution in [0.25, 0.3) is 16.7 Å². The van der Waals surface area contributed by atoms with Gasteiger partial charge < -0.3 is 10.4 Å². The second-order valence-electron chi connectivity index (χ2n) is 6.27. The quantitative estimate of drug-likeness (QED) is 0.726. The van der Waals surface area contributed by atoms with Crippen LogP contribution in [0.2, 0.25) is 0 Å². The van der Waals surface area contributed by atoms with Gasteiger partial charge in [-0.1, -0.05) is 18.2 Å². The first-order valence-corrected chi connectivity index (χ1v) is 8.56. The summed E-state index contributed by atoms with van der Waals surface area (Å²) in [6.45, 7) is 4.05. The number of fused-ring (bicyclic) bond motifs is 1. The van der Waals surface area contributed by atoms with Crippen LogP contribution in [0, 0.1) is 6.92 Å². The van der Waals surface area contributed by atoms with Gasteiger partial charge in [-0.15, -0.1) is 0 Å². The van der Waals surface area contributed by atoms with Crippen molar-refractivity contribution in [1.82, 2.24) is 14.9 Å². The van der Waals surface area contributed by atoms with Crippen LogP contribution in [0.3, 0.4) is 0 Å². The Hall–Kier alpha value is -2.66. The van der Waals surface area contributed by atoms with Gasteiger partial charge in [-0.05, 0) is 57.0 Å². The van der Waals surface area contributed by atoms with E-state index in [2.05, 4.69) is 14.9 Å². The molecule has 1 aromatic heterocycles. The number of nitrogens with one attached hydrogen (secondary N) is 1. The number of benzene rings is 2. The molecular weight excluding hydrogens is 314 g/mol. The third-order valence-corrected chi connectivity index (χ3v) is 4.27. The van der Waals surface area contributed by atoms with E-state index in [1.807, 2.05) is 62.4 Å². The van der Waals surface area contributed by atoms with E-state index in [9.17, 15) is 4.79 Å². The van der Waals surface area contributed by atoms with E-state index >= 15 is 0 Å². The molecule has 25 heavy (non-hydrogen) atoms. The minimum atomic E-state index is -0.112. The van der Waals surface area contributed by atoms with E-state index in [-0.39, 0.29) is 18.6 Å². The molecule has 5 heteroatoms. The molecule has 3 aromatic rings. The standard InChI is InChI=1S/C20H23N3O2/c1-14(7-6-12-24)21-20(25)16-10-11-19-18(13-16)22-15(2)23(19)17-8-4-3-5-9-17/h3-5,8-11,13-14,24H,6-7,12H2,1-2H3,(H,21,25). The molecule has 0 aliphatic rings. The zero-order valence-electron chi connectivity index (χ0n) is 14.6. The van der Waals surface area contributed by atoms with Crippen LogP contribution in [0.4, 0.5) is 0 Å². The molecule has 130 valence electrons. The molecule has 0 saturated heterocycles. The molecular formula is C20H23N3O2. The third kappa shape index (κ3) is 3.72. The van der Waals surface area contributed by atoms with Gasteiger partial charge in [-0.2, -0.15) is 0 Å². The molecule has 2 aromatic carbocycles. The van der Waals surface area contributed by atoms with Crippen molar-refractivity contribution in [1.29, 1.82) is 0 Å². The van der Waals surface area contributed by atoms with E-state index in [4.69, 9.17) is 5.11 Å². The lowest BCUT2D eigenvalue weighted by Gasteiger charge is -2.13. The Morgan fingerprint density at radius 2 is 2.00 bits per heavy atom. The highest BCUT2D eigenvalue weighted by molar-refractivity contribution is 5.97. The monoisotopic (exact) mass is 337 g/mol. The zero-order chi connectivity index (χ0) is 17.8. The number of hydrogen-bond acceptors (Lipinski definition) is 3. The highest BCUT2D eigenvalue weighted by Gasteiger charge is 2.14. The Morgan fingerprint density at radius 1 is 1.24 bits per heavy atom. The second kappa shape index (κ2) is 7.49. The van der Waals surface area contributed by atoms with Crippen LogP contribution in [-0.4, -0.2) is 33.2 Å². The Bertz CT molecular complexity index is 871. The van der Waals surface area contributed by atoms with Crippen molar-refractivity contribution >= 4 is 16.9 Å². The zero-order valence-corrected chi connectivity index (χ0v) is 14.6. The number of aliphatic hydroxyl groups excluding tert-OH is 1. The van der Waals surface area contributed by atoms with Gasteiger partial charge in [0.15, 0.2) is 0 Å². The lowest BCUT2D eigenvalue weighted by molar-refractivity contribution is 0.0936. The van der Waals surface area contributed by atoms with Gasteiger partial charge in [0.1, 0.15) is 5.82 Å². The van der Waals surface area contributed by atoms with Gasteiger partial charge in [0.2, 0.25) is 0 Å². The summed E-state index contributed by atoms with van der Waals surface area (Å²) in [5, 5.41) is 11.8. The third-order valence-electron chi connectivity index (χ3n) is 4.27. The number of rotatable bonds is 6. The molecule has 0 aliphatic heterocycles. The lowest BCUT2D eigenvalue weighted by Crippen LogP contribution is -2.32. The number of para-hydroxylation sites is 1. The van der Waals surface area contributed by atoms with E-state index in [1.165, 1.54) is 0 Å². The Balaban J connectivity index is 1.88. The largest absolute Gasteiger partial charge is 0.396 e. The van der Waals surface area contributed by atoms with Gasteiger partial charge in [0.25, 0.3) is 5.91 Å².